The highest BCUT2D eigenvalue weighted by Gasteiger charge is 2.26. The molecule has 3 heteroatoms. The molecule has 1 aliphatic carbocycles. The van der Waals surface area contributed by atoms with Crippen molar-refractivity contribution in [1.82, 2.24) is 9.55 Å². The van der Waals surface area contributed by atoms with Gasteiger partial charge in [0.1, 0.15) is 5.82 Å². The van der Waals surface area contributed by atoms with Crippen LogP contribution in [-0.2, 0) is 0 Å². The third-order valence-corrected chi connectivity index (χ3v) is 8.08. The molecule has 0 fully saturated rings. The van der Waals surface area contributed by atoms with Gasteiger partial charge < -0.3 is 5.73 Å². The Morgan fingerprint density at radius 1 is 0.641 bits per heavy atom. The van der Waals surface area contributed by atoms with E-state index in [-0.39, 0.29) is 0 Å². The number of allylic oxidation sites excluding steroid dienone is 1. The van der Waals surface area contributed by atoms with Crippen LogP contribution in [0, 0.1) is 0 Å². The molecule has 0 saturated heterocycles. The topological polar surface area (TPSA) is 43.8 Å². The summed E-state index contributed by atoms with van der Waals surface area (Å²) >= 11 is 0. The highest BCUT2D eigenvalue weighted by Crippen LogP contribution is 2.53. The van der Waals surface area contributed by atoms with E-state index in [9.17, 15) is 0 Å². The zero-order chi connectivity index (χ0) is 26.1. The molecule has 0 unspecified atom stereocenters. The van der Waals surface area contributed by atoms with Crippen LogP contribution < -0.4 is 5.73 Å². The number of nitrogens with two attached hydrogens (primary N) is 1. The first kappa shape index (κ1) is 21.9. The molecule has 0 aliphatic heterocycles. The maximum absolute atomic E-state index is 6.58. The Kier molecular flexibility index (Phi) is 4.59. The molecule has 2 heterocycles. The monoisotopic (exact) mass is 499 g/mol. The van der Waals surface area contributed by atoms with Crippen LogP contribution >= 0.6 is 0 Å². The fourth-order valence-corrected chi connectivity index (χ4v) is 6.50. The lowest BCUT2D eigenvalue weighted by molar-refractivity contribution is 1.03. The summed E-state index contributed by atoms with van der Waals surface area (Å²) in [6.07, 6.45) is 6.09. The first-order valence-corrected chi connectivity index (χ1v) is 13.3. The van der Waals surface area contributed by atoms with E-state index in [2.05, 4.69) is 102 Å². The van der Waals surface area contributed by atoms with Crippen molar-refractivity contribution in [2.75, 3.05) is 5.73 Å². The molecule has 0 atom stereocenters. The van der Waals surface area contributed by atoms with E-state index >= 15 is 0 Å². The summed E-state index contributed by atoms with van der Waals surface area (Å²) in [7, 11) is 0. The summed E-state index contributed by atoms with van der Waals surface area (Å²) in [6.45, 7) is 2.01. The largest absolute Gasteiger partial charge is 0.396 e. The fourth-order valence-electron chi connectivity index (χ4n) is 6.50. The number of nitrogens with zero attached hydrogens (tertiary/aromatic N) is 2. The van der Waals surface area contributed by atoms with Gasteiger partial charge in [0, 0.05) is 17.1 Å². The first-order chi connectivity index (χ1) is 19.3. The second kappa shape index (κ2) is 8.17. The minimum Gasteiger partial charge on any atom is -0.396 e. The molecule has 8 rings (SSSR count). The Morgan fingerprint density at radius 3 is 2.08 bits per heavy atom. The lowest BCUT2D eigenvalue weighted by atomic mass is 9.88. The molecule has 3 nitrogen and oxygen atoms in total. The number of fused-ring (bicyclic) bond motifs is 6. The van der Waals surface area contributed by atoms with Gasteiger partial charge in [-0.05, 0) is 80.6 Å². The maximum Gasteiger partial charge on any atom is 0.137 e. The van der Waals surface area contributed by atoms with Crippen molar-refractivity contribution in [3.8, 4) is 39.2 Å². The van der Waals surface area contributed by atoms with Crippen LogP contribution in [-0.4, -0.2) is 9.55 Å². The number of hydrogen-bond donors (Lipinski definition) is 1. The van der Waals surface area contributed by atoms with E-state index in [0.717, 1.165) is 33.7 Å². The molecular formula is C36H25N3. The van der Waals surface area contributed by atoms with Crippen molar-refractivity contribution < 1.29 is 0 Å². The van der Waals surface area contributed by atoms with Crippen LogP contribution in [0.5, 0.6) is 0 Å². The van der Waals surface area contributed by atoms with E-state index in [1.165, 1.54) is 49.4 Å². The number of anilines is 1. The van der Waals surface area contributed by atoms with Crippen molar-refractivity contribution in [2.45, 2.75) is 6.92 Å². The predicted octanol–water partition coefficient (Wildman–Crippen LogP) is 9.26. The second-order valence-electron chi connectivity index (χ2n) is 10.1. The molecule has 39 heavy (non-hydrogen) atoms. The number of rotatable bonds is 3. The fraction of sp³-hybridized carbons (Fsp3) is 0.0278. The SMILES string of the molecule is C/C=C\c1c(N)c2ccccc2n1-c1ccc(-c2c3ccccc3c3c4c(cccc24)-c2ccccc2-3)cn1. The average molecular weight is 500 g/mol. The minimum absolute atomic E-state index is 0.771. The van der Waals surface area contributed by atoms with Gasteiger partial charge in [0.25, 0.3) is 0 Å². The Balaban J connectivity index is 1.39. The molecule has 0 radical (unpaired) electrons. The standard InChI is InChI=1S/C36H25N3/c1-2-10-31-36(37)28-15-7-8-18-30(28)39(31)32-20-19-22(21-38-32)33-26-13-5-6-14-27(26)34-24-12-4-3-11-23(24)25-16-9-17-29(33)35(25)34/h2-21H,37H2,1H3/b10-2-. The molecular weight excluding hydrogens is 474 g/mol. The smallest absolute Gasteiger partial charge is 0.137 e. The number of hydrogen-bond acceptors (Lipinski definition) is 2. The average Bonchev–Trinajstić information content (AvgIpc) is 3.47. The van der Waals surface area contributed by atoms with Crippen LogP contribution in [0.2, 0.25) is 0 Å². The van der Waals surface area contributed by atoms with Crippen molar-refractivity contribution in [3.63, 3.8) is 0 Å². The van der Waals surface area contributed by atoms with E-state index in [1.54, 1.807) is 0 Å². The van der Waals surface area contributed by atoms with Gasteiger partial charge in [0.15, 0.2) is 0 Å². The summed E-state index contributed by atoms with van der Waals surface area (Å²) in [5, 5.41) is 6.15. The van der Waals surface area contributed by atoms with Gasteiger partial charge in [-0.15, -0.1) is 0 Å². The summed E-state index contributed by atoms with van der Waals surface area (Å²) in [5.41, 5.74) is 16.9. The summed E-state index contributed by atoms with van der Waals surface area (Å²) in [4.78, 5) is 5.02. The minimum atomic E-state index is 0.771. The Morgan fingerprint density at radius 2 is 1.31 bits per heavy atom. The number of para-hydroxylation sites is 1. The second-order valence-corrected chi connectivity index (χ2v) is 10.1. The zero-order valence-electron chi connectivity index (χ0n) is 21.5. The third kappa shape index (κ3) is 2.96. The molecule has 0 amide bonds. The van der Waals surface area contributed by atoms with E-state index in [4.69, 9.17) is 10.7 Å². The Hall–Kier alpha value is -5.15. The quantitative estimate of drug-likeness (QED) is 0.246. The number of nitrogen functional groups attached to an aromatic ring is 1. The van der Waals surface area contributed by atoms with Gasteiger partial charge >= 0.3 is 0 Å². The van der Waals surface area contributed by atoms with Gasteiger partial charge in [-0.25, -0.2) is 4.98 Å². The number of aromatic nitrogens is 2. The normalized spacial score (nSPS) is 12.2. The molecule has 0 bridgehead atoms. The van der Waals surface area contributed by atoms with Crippen LogP contribution in [0.1, 0.15) is 12.6 Å². The number of pyridine rings is 1. The number of benzene rings is 5. The van der Waals surface area contributed by atoms with Crippen LogP contribution in [0.4, 0.5) is 5.69 Å². The Bertz CT molecular complexity index is 2130. The molecule has 5 aromatic carbocycles. The Labute approximate surface area is 226 Å². The summed E-state index contributed by atoms with van der Waals surface area (Å²) < 4.78 is 2.15. The maximum atomic E-state index is 6.58. The molecule has 0 spiro atoms. The lowest BCUT2D eigenvalue weighted by Crippen LogP contribution is -2.01. The third-order valence-electron chi connectivity index (χ3n) is 8.08. The molecule has 2 N–H and O–H groups in total. The van der Waals surface area contributed by atoms with Crippen molar-refractivity contribution in [2.24, 2.45) is 0 Å². The van der Waals surface area contributed by atoms with Gasteiger partial charge in [-0.2, -0.15) is 0 Å². The van der Waals surface area contributed by atoms with E-state index < -0.39 is 0 Å². The van der Waals surface area contributed by atoms with Crippen LogP contribution in [0.3, 0.4) is 0 Å². The molecule has 184 valence electrons. The van der Waals surface area contributed by atoms with E-state index in [1.807, 2.05) is 31.3 Å². The summed E-state index contributed by atoms with van der Waals surface area (Å²) in [5.74, 6) is 0.849. The van der Waals surface area contributed by atoms with Crippen molar-refractivity contribution in [1.29, 1.82) is 0 Å². The molecule has 7 aromatic rings. The van der Waals surface area contributed by atoms with E-state index in [0.29, 0.717) is 0 Å². The molecule has 1 aliphatic rings. The van der Waals surface area contributed by atoms with Gasteiger partial charge in [-0.1, -0.05) is 91.0 Å². The zero-order valence-corrected chi connectivity index (χ0v) is 21.5. The first-order valence-electron chi connectivity index (χ1n) is 13.3. The van der Waals surface area contributed by atoms with Gasteiger partial charge in [0.05, 0.1) is 16.9 Å². The van der Waals surface area contributed by atoms with Gasteiger partial charge in [0.2, 0.25) is 0 Å². The van der Waals surface area contributed by atoms with Crippen molar-refractivity contribution in [3.05, 3.63) is 121 Å². The molecule has 0 saturated carbocycles. The van der Waals surface area contributed by atoms with Crippen molar-refractivity contribution >= 4 is 44.2 Å². The summed E-state index contributed by atoms with van der Waals surface area (Å²) in [6, 6.07) is 36.8. The lowest BCUT2D eigenvalue weighted by Gasteiger charge is -2.16. The van der Waals surface area contributed by atoms with Crippen LogP contribution in [0.25, 0.3) is 77.7 Å². The predicted molar refractivity (Wildman–Crippen MR) is 165 cm³/mol. The molecule has 2 aromatic heterocycles. The highest BCUT2D eigenvalue weighted by molar-refractivity contribution is 6.29. The van der Waals surface area contributed by atoms with Crippen LogP contribution in [0.15, 0.2) is 115 Å². The van der Waals surface area contributed by atoms with Gasteiger partial charge in [-0.3, -0.25) is 4.57 Å². The highest BCUT2D eigenvalue weighted by atomic mass is 15.1.